The summed E-state index contributed by atoms with van der Waals surface area (Å²) in [5.74, 6) is 0.348. The van der Waals surface area contributed by atoms with Gasteiger partial charge in [0.15, 0.2) is 0 Å². The Balaban J connectivity index is 1.62. The number of amides is 2. The lowest BCUT2D eigenvalue weighted by Gasteiger charge is -2.32. The number of hydrogen-bond donors (Lipinski definition) is 1. The van der Waals surface area contributed by atoms with Crippen LogP contribution in [0.25, 0.3) is 16.6 Å². The number of hydrogen-bond acceptors (Lipinski definition) is 3. The highest BCUT2D eigenvalue weighted by molar-refractivity contribution is 9.10. The second-order valence-corrected chi connectivity index (χ2v) is 10.9. The SMILES string of the molecule is CCC(c1nc2ccccc2c(=O)n1-c1ccc(Br)cc1)N(CCc1ccccc1)C(=O)Nc1cccc(C(F)(F)F)c1. The Bertz CT molecular complexity index is 1790. The molecule has 0 aliphatic rings. The van der Waals surface area contributed by atoms with Gasteiger partial charge in [0, 0.05) is 16.7 Å². The zero-order valence-electron chi connectivity index (χ0n) is 23.2. The van der Waals surface area contributed by atoms with Gasteiger partial charge >= 0.3 is 12.2 Å². The van der Waals surface area contributed by atoms with Gasteiger partial charge in [-0.1, -0.05) is 71.4 Å². The molecule has 6 nitrogen and oxygen atoms in total. The predicted octanol–water partition coefficient (Wildman–Crippen LogP) is 8.39. The van der Waals surface area contributed by atoms with Crippen molar-refractivity contribution < 1.29 is 18.0 Å². The van der Waals surface area contributed by atoms with Gasteiger partial charge < -0.3 is 10.2 Å². The number of aromatic nitrogens is 2. The molecular weight excluding hydrogens is 621 g/mol. The van der Waals surface area contributed by atoms with Gasteiger partial charge in [-0.15, -0.1) is 0 Å². The minimum atomic E-state index is -4.56. The van der Waals surface area contributed by atoms with Crippen LogP contribution in [-0.4, -0.2) is 27.0 Å². The van der Waals surface area contributed by atoms with Crippen LogP contribution in [0.3, 0.4) is 0 Å². The Labute approximate surface area is 254 Å². The van der Waals surface area contributed by atoms with Gasteiger partial charge in [-0.25, -0.2) is 9.78 Å². The van der Waals surface area contributed by atoms with Crippen molar-refractivity contribution in [3.05, 3.63) is 135 Å². The number of carbonyl (C=O) groups excluding carboxylic acids is 1. The summed E-state index contributed by atoms with van der Waals surface area (Å²) in [5, 5.41) is 3.08. The van der Waals surface area contributed by atoms with Crippen molar-refractivity contribution in [1.82, 2.24) is 14.5 Å². The van der Waals surface area contributed by atoms with E-state index in [2.05, 4.69) is 21.2 Å². The summed E-state index contributed by atoms with van der Waals surface area (Å²) in [6.07, 6.45) is -3.70. The molecule has 0 spiro atoms. The lowest BCUT2D eigenvalue weighted by atomic mass is 10.1. The third-order valence-electron chi connectivity index (χ3n) is 7.13. The molecule has 1 aromatic heterocycles. The van der Waals surface area contributed by atoms with Crippen LogP contribution in [0.2, 0.25) is 0 Å². The molecule has 220 valence electrons. The lowest BCUT2D eigenvalue weighted by molar-refractivity contribution is -0.137. The van der Waals surface area contributed by atoms with Gasteiger partial charge in [0.2, 0.25) is 0 Å². The van der Waals surface area contributed by atoms with Crippen molar-refractivity contribution in [3.8, 4) is 5.69 Å². The topological polar surface area (TPSA) is 67.2 Å². The molecule has 1 N–H and O–H groups in total. The lowest BCUT2D eigenvalue weighted by Crippen LogP contribution is -2.42. The van der Waals surface area contributed by atoms with Gasteiger partial charge in [-0.2, -0.15) is 13.2 Å². The number of nitrogens with zero attached hydrogens (tertiary/aromatic N) is 3. The molecule has 0 aliphatic carbocycles. The molecule has 0 radical (unpaired) electrons. The van der Waals surface area contributed by atoms with Crippen molar-refractivity contribution in [2.75, 3.05) is 11.9 Å². The summed E-state index contributed by atoms with van der Waals surface area (Å²) in [5.41, 5.74) is 0.884. The summed E-state index contributed by atoms with van der Waals surface area (Å²) < 4.78 is 42.6. The molecule has 0 saturated heterocycles. The number of fused-ring (bicyclic) bond motifs is 1. The van der Waals surface area contributed by atoms with E-state index in [1.165, 1.54) is 16.7 Å². The predicted molar refractivity (Wildman–Crippen MR) is 165 cm³/mol. The standard InChI is InChI=1S/C33H28BrF3N4O2/c1-2-29(30-39-28-14-7-6-13-27(28)31(42)41(30)26-17-15-24(34)16-18-26)40(20-19-22-9-4-3-5-10-22)32(43)38-25-12-8-11-23(21-25)33(35,36)37/h3-18,21,29H,2,19-20H2,1H3,(H,38,43). The number of halogens is 4. The molecule has 4 aromatic carbocycles. The van der Waals surface area contributed by atoms with Crippen LogP contribution in [0.5, 0.6) is 0 Å². The maximum Gasteiger partial charge on any atom is 0.416 e. The van der Waals surface area contributed by atoms with E-state index in [1.807, 2.05) is 49.4 Å². The van der Waals surface area contributed by atoms with Crippen LogP contribution < -0.4 is 10.9 Å². The average molecular weight is 650 g/mol. The van der Waals surface area contributed by atoms with E-state index in [4.69, 9.17) is 4.98 Å². The molecule has 0 saturated carbocycles. The van der Waals surface area contributed by atoms with Gasteiger partial charge in [0.1, 0.15) is 5.82 Å². The van der Waals surface area contributed by atoms with E-state index in [-0.39, 0.29) is 17.8 Å². The third-order valence-corrected chi connectivity index (χ3v) is 7.66. The van der Waals surface area contributed by atoms with E-state index < -0.39 is 23.8 Å². The molecule has 0 aliphatic heterocycles. The fraction of sp³-hybridized carbons (Fsp3) is 0.182. The maximum atomic E-state index is 13.9. The van der Waals surface area contributed by atoms with Gasteiger partial charge in [-0.05, 0) is 73.0 Å². The Morgan fingerprint density at radius 1 is 0.953 bits per heavy atom. The highest BCUT2D eigenvalue weighted by Gasteiger charge is 2.32. The van der Waals surface area contributed by atoms with Gasteiger partial charge in [-0.3, -0.25) is 9.36 Å². The van der Waals surface area contributed by atoms with E-state index in [9.17, 15) is 22.8 Å². The zero-order chi connectivity index (χ0) is 30.6. The molecule has 1 atom stereocenters. The molecular formula is C33H28BrF3N4O2. The number of urea groups is 1. The largest absolute Gasteiger partial charge is 0.416 e. The van der Waals surface area contributed by atoms with E-state index in [0.717, 1.165) is 22.2 Å². The number of benzene rings is 4. The summed E-state index contributed by atoms with van der Waals surface area (Å²) in [6.45, 7) is 2.10. The highest BCUT2D eigenvalue weighted by Crippen LogP contribution is 2.32. The number of carbonyl (C=O) groups is 1. The molecule has 0 bridgehead atoms. The molecule has 2 amide bonds. The van der Waals surface area contributed by atoms with Crippen LogP contribution in [0, 0.1) is 0 Å². The van der Waals surface area contributed by atoms with Crippen LogP contribution in [0.15, 0.2) is 112 Å². The first-order valence-electron chi connectivity index (χ1n) is 13.7. The highest BCUT2D eigenvalue weighted by atomic mass is 79.9. The minimum Gasteiger partial charge on any atom is -0.314 e. The molecule has 43 heavy (non-hydrogen) atoms. The van der Waals surface area contributed by atoms with E-state index in [1.54, 1.807) is 41.3 Å². The van der Waals surface area contributed by atoms with Crippen molar-refractivity contribution in [1.29, 1.82) is 0 Å². The first-order chi connectivity index (χ1) is 20.7. The molecule has 1 unspecified atom stereocenters. The summed E-state index contributed by atoms with van der Waals surface area (Å²) in [4.78, 5) is 34.3. The summed E-state index contributed by atoms with van der Waals surface area (Å²) in [7, 11) is 0. The number of alkyl halides is 3. The molecule has 5 rings (SSSR count). The number of para-hydroxylation sites is 1. The number of rotatable bonds is 8. The van der Waals surface area contributed by atoms with Crippen LogP contribution in [0.1, 0.15) is 36.3 Å². The first kappa shape index (κ1) is 30.0. The molecule has 0 fully saturated rings. The smallest absolute Gasteiger partial charge is 0.314 e. The zero-order valence-corrected chi connectivity index (χ0v) is 24.8. The second-order valence-electron chi connectivity index (χ2n) is 9.97. The van der Waals surface area contributed by atoms with Crippen LogP contribution >= 0.6 is 15.9 Å². The fourth-order valence-electron chi connectivity index (χ4n) is 5.02. The van der Waals surface area contributed by atoms with E-state index in [0.29, 0.717) is 35.3 Å². The Hall–Kier alpha value is -4.44. The van der Waals surface area contributed by atoms with Crippen LogP contribution in [0.4, 0.5) is 23.7 Å². The Morgan fingerprint density at radius 3 is 2.35 bits per heavy atom. The average Bonchev–Trinajstić information content (AvgIpc) is 3.00. The number of nitrogens with one attached hydrogen (secondary N) is 1. The van der Waals surface area contributed by atoms with Crippen molar-refractivity contribution in [2.24, 2.45) is 0 Å². The summed E-state index contributed by atoms with van der Waals surface area (Å²) in [6, 6.07) is 27.0. The van der Waals surface area contributed by atoms with Gasteiger partial charge in [0.25, 0.3) is 5.56 Å². The monoisotopic (exact) mass is 648 g/mol. The maximum absolute atomic E-state index is 13.9. The van der Waals surface area contributed by atoms with Gasteiger partial charge in [0.05, 0.1) is 28.2 Å². The molecule has 10 heteroatoms. The Kier molecular flexibility index (Phi) is 8.96. The fourth-order valence-corrected chi connectivity index (χ4v) is 5.28. The van der Waals surface area contributed by atoms with Crippen LogP contribution in [-0.2, 0) is 12.6 Å². The normalized spacial score (nSPS) is 12.2. The van der Waals surface area contributed by atoms with E-state index >= 15 is 0 Å². The Morgan fingerprint density at radius 2 is 1.65 bits per heavy atom. The number of anilines is 1. The van der Waals surface area contributed by atoms with Crippen molar-refractivity contribution in [2.45, 2.75) is 32.0 Å². The van der Waals surface area contributed by atoms with Crippen molar-refractivity contribution >= 4 is 38.6 Å². The third kappa shape index (κ3) is 6.80. The molecule has 5 aromatic rings. The van der Waals surface area contributed by atoms with Crippen molar-refractivity contribution in [3.63, 3.8) is 0 Å². The minimum absolute atomic E-state index is 0.0103. The second kappa shape index (κ2) is 12.8. The quantitative estimate of drug-likeness (QED) is 0.184. The molecule has 1 heterocycles. The first-order valence-corrected chi connectivity index (χ1v) is 14.5. The summed E-state index contributed by atoms with van der Waals surface area (Å²) >= 11 is 3.44.